The van der Waals surface area contributed by atoms with Gasteiger partial charge in [0.2, 0.25) is 5.89 Å². The molecule has 1 aliphatic heterocycles. The molecule has 2 aliphatic rings. The molecule has 1 aromatic heterocycles. The van der Waals surface area contributed by atoms with Gasteiger partial charge in [-0.05, 0) is 37.5 Å². The zero-order valence-corrected chi connectivity index (χ0v) is 11.5. The Morgan fingerprint density at radius 2 is 2.14 bits per heavy atom. The number of carbonyl (C=O) groups is 1. The smallest absolute Gasteiger partial charge is 0.256 e. The highest BCUT2D eigenvalue weighted by molar-refractivity contribution is 6.34. The second-order valence-electron chi connectivity index (χ2n) is 5.45. The summed E-state index contributed by atoms with van der Waals surface area (Å²) >= 11 is 0. The van der Waals surface area contributed by atoms with Gasteiger partial charge >= 0.3 is 0 Å². The molecule has 0 fully saturated rings. The van der Waals surface area contributed by atoms with Gasteiger partial charge < -0.3 is 15.5 Å². The first-order valence-electron chi connectivity index (χ1n) is 7.12. The van der Waals surface area contributed by atoms with Crippen molar-refractivity contribution in [3.63, 3.8) is 0 Å². The van der Waals surface area contributed by atoms with Crippen molar-refractivity contribution in [2.24, 2.45) is 0 Å². The number of oxazole rings is 1. The van der Waals surface area contributed by atoms with Crippen LogP contribution in [-0.4, -0.2) is 10.9 Å². The van der Waals surface area contributed by atoms with E-state index in [2.05, 4.69) is 10.3 Å². The molecule has 3 N–H and O–H groups in total. The number of fused-ring (bicyclic) bond motifs is 2. The summed E-state index contributed by atoms with van der Waals surface area (Å²) in [6, 6.07) is 5.37. The van der Waals surface area contributed by atoms with Crippen molar-refractivity contribution in [2.45, 2.75) is 25.7 Å². The fourth-order valence-corrected chi connectivity index (χ4v) is 2.91. The fraction of sp³-hybridized carbons (Fsp3) is 0.250. The normalized spacial score (nSPS) is 18.5. The molecule has 0 spiro atoms. The molecule has 0 saturated carbocycles. The average molecular weight is 281 g/mol. The minimum absolute atomic E-state index is 0.147. The summed E-state index contributed by atoms with van der Waals surface area (Å²) in [7, 11) is 0. The van der Waals surface area contributed by atoms with Crippen LogP contribution in [0.15, 0.2) is 22.6 Å². The van der Waals surface area contributed by atoms with Crippen LogP contribution in [0.2, 0.25) is 0 Å². The van der Waals surface area contributed by atoms with Crippen LogP contribution in [0.1, 0.15) is 35.7 Å². The van der Waals surface area contributed by atoms with E-state index in [0.29, 0.717) is 17.2 Å². The van der Waals surface area contributed by atoms with Gasteiger partial charge in [0.05, 0.1) is 11.3 Å². The van der Waals surface area contributed by atoms with Crippen LogP contribution in [0, 0.1) is 0 Å². The molecule has 21 heavy (non-hydrogen) atoms. The molecule has 1 aromatic carbocycles. The molecule has 2 aromatic rings. The Morgan fingerprint density at radius 1 is 1.29 bits per heavy atom. The topological polar surface area (TPSA) is 81.2 Å². The van der Waals surface area contributed by atoms with Crippen molar-refractivity contribution < 1.29 is 9.21 Å². The molecule has 0 unspecified atom stereocenters. The Labute approximate surface area is 121 Å². The standard InChI is InChI=1S/C16H15N3O2/c17-9-5-6-12-10(7-9)11(16(20)19-12)8-15-18-13-3-1-2-4-14(13)21-15/h5-8H,1-4,17H2,(H,19,20). The summed E-state index contributed by atoms with van der Waals surface area (Å²) in [4.78, 5) is 16.6. The number of hydrogen-bond acceptors (Lipinski definition) is 4. The average Bonchev–Trinajstić information content (AvgIpc) is 3.01. The number of nitrogens with two attached hydrogens (primary N) is 1. The van der Waals surface area contributed by atoms with E-state index in [9.17, 15) is 4.79 Å². The maximum atomic E-state index is 12.1. The molecule has 0 saturated heterocycles. The van der Waals surface area contributed by atoms with Gasteiger partial charge in [-0.25, -0.2) is 4.98 Å². The third-order valence-corrected chi connectivity index (χ3v) is 3.96. The SMILES string of the molecule is Nc1ccc2c(c1)C(=Cc1nc3c(o1)CCCC3)C(=O)N2. The van der Waals surface area contributed by atoms with Gasteiger partial charge in [0.25, 0.3) is 5.91 Å². The van der Waals surface area contributed by atoms with Gasteiger partial charge in [0.15, 0.2) is 0 Å². The zero-order chi connectivity index (χ0) is 14.4. The number of amides is 1. The van der Waals surface area contributed by atoms with Gasteiger partial charge in [-0.1, -0.05) is 0 Å². The zero-order valence-electron chi connectivity index (χ0n) is 11.5. The molecule has 0 radical (unpaired) electrons. The monoisotopic (exact) mass is 281 g/mol. The van der Waals surface area contributed by atoms with Crippen molar-refractivity contribution in [1.82, 2.24) is 4.98 Å². The van der Waals surface area contributed by atoms with Crippen LogP contribution in [0.4, 0.5) is 11.4 Å². The highest BCUT2D eigenvalue weighted by Crippen LogP contribution is 2.34. The van der Waals surface area contributed by atoms with E-state index >= 15 is 0 Å². The number of aromatic nitrogens is 1. The minimum atomic E-state index is -0.147. The van der Waals surface area contributed by atoms with Gasteiger partial charge in [-0.2, -0.15) is 0 Å². The Bertz CT molecular complexity index is 750. The third-order valence-electron chi connectivity index (χ3n) is 3.96. The predicted molar refractivity (Wildman–Crippen MR) is 80.5 cm³/mol. The molecule has 4 rings (SSSR count). The van der Waals surface area contributed by atoms with E-state index in [0.717, 1.165) is 48.4 Å². The molecule has 0 atom stereocenters. The van der Waals surface area contributed by atoms with Crippen LogP contribution < -0.4 is 11.1 Å². The highest BCUT2D eigenvalue weighted by Gasteiger charge is 2.25. The first-order chi connectivity index (χ1) is 10.2. The summed E-state index contributed by atoms with van der Waals surface area (Å²) in [5.41, 5.74) is 9.59. The van der Waals surface area contributed by atoms with E-state index in [-0.39, 0.29) is 5.91 Å². The number of rotatable bonds is 1. The number of nitrogen functional groups attached to an aromatic ring is 1. The van der Waals surface area contributed by atoms with Gasteiger partial charge in [0, 0.05) is 29.4 Å². The van der Waals surface area contributed by atoms with Crippen LogP contribution in [0.25, 0.3) is 11.6 Å². The number of aryl methyl sites for hydroxylation is 2. The number of anilines is 2. The quantitative estimate of drug-likeness (QED) is 0.622. The van der Waals surface area contributed by atoms with Crippen LogP contribution in [0.5, 0.6) is 0 Å². The second-order valence-corrected chi connectivity index (χ2v) is 5.45. The molecule has 2 heterocycles. The molecule has 5 heteroatoms. The first kappa shape index (κ1) is 12.2. The number of nitrogens with one attached hydrogen (secondary N) is 1. The Hall–Kier alpha value is -2.56. The van der Waals surface area contributed by atoms with Crippen LogP contribution >= 0.6 is 0 Å². The molecular formula is C16H15N3O2. The summed E-state index contributed by atoms with van der Waals surface area (Å²) in [6.07, 6.45) is 5.88. The summed E-state index contributed by atoms with van der Waals surface area (Å²) < 4.78 is 5.76. The van der Waals surface area contributed by atoms with Crippen molar-refractivity contribution in [3.8, 4) is 0 Å². The molecule has 1 aliphatic carbocycles. The largest absolute Gasteiger partial charge is 0.441 e. The van der Waals surface area contributed by atoms with Gasteiger partial charge in [-0.3, -0.25) is 4.79 Å². The third kappa shape index (κ3) is 2.01. The number of hydrogen-bond donors (Lipinski definition) is 2. The Balaban J connectivity index is 1.78. The maximum Gasteiger partial charge on any atom is 0.256 e. The highest BCUT2D eigenvalue weighted by atomic mass is 16.4. The summed E-state index contributed by atoms with van der Waals surface area (Å²) in [5, 5.41) is 2.82. The number of carbonyl (C=O) groups excluding carboxylic acids is 1. The lowest BCUT2D eigenvalue weighted by atomic mass is 10.0. The van der Waals surface area contributed by atoms with Crippen LogP contribution in [-0.2, 0) is 17.6 Å². The molecule has 106 valence electrons. The van der Waals surface area contributed by atoms with E-state index in [1.165, 1.54) is 0 Å². The van der Waals surface area contributed by atoms with Crippen LogP contribution in [0.3, 0.4) is 0 Å². The number of benzene rings is 1. The molecule has 5 nitrogen and oxygen atoms in total. The Kier molecular flexibility index (Phi) is 2.60. The van der Waals surface area contributed by atoms with E-state index in [1.807, 2.05) is 6.07 Å². The molecule has 0 bridgehead atoms. The van der Waals surface area contributed by atoms with E-state index < -0.39 is 0 Å². The van der Waals surface area contributed by atoms with E-state index in [1.54, 1.807) is 18.2 Å². The lowest BCUT2D eigenvalue weighted by Crippen LogP contribution is -2.03. The molecular weight excluding hydrogens is 266 g/mol. The predicted octanol–water partition coefficient (Wildman–Crippen LogP) is 2.63. The lowest BCUT2D eigenvalue weighted by Gasteiger charge is -2.05. The summed E-state index contributed by atoms with van der Waals surface area (Å²) in [6.45, 7) is 0. The van der Waals surface area contributed by atoms with Gasteiger partial charge in [0.1, 0.15) is 5.76 Å². The second kappa shape index (κ2) is 4.48. The number of nitrogens with zero attached hydrogens (tertiary/aromatic N) is 1. The summed E-state index contributed by atoms with van der Waals surface area (Å²) in [5.74, 6) is 1.31. The fourth-order valence-electron chi connectivity index (χ4n) is 2.91. The van der Waals surface area contributed by atoms with Crippen molar-refractivity contribution >= 4 is 28.9 Å². The lowest BCUT2D eigenvalue weighted by molar-refractivity contribution is -0.110. The van der Waals surface area contributed by atoms with E-state index in [4.69, 9.17) is 10.2 Å². The molecule has 1 amide bonds. The first-order valence-corrected chi connectivity index (χ1v) is 7.12. The van der Waals surface area contributed by atoms with Crippen molar-refractivity contribution in [1.29, 1.82) is 0 Å². The van der Waals surface area contributed by atoms with Crippen molar-refractivity contribution in [2.75, 3.05) is 11.1 Å². The van der Waals surface area contributed by atoms with Crippen molar-refractivity contribution in [3.05, 3.63) is 41.1 Å². The minimum Gasteiger partial charge on any atom is -0.441 e. The Morgan fingerprint density at radius 3 is 3.00 bits per heavy atom. The maximum absolute atomic E-state index is 12.1. The van der Waals surface area contributed by atoms with Gasteiger partial charge in [-0.15, -0.1) is 0 Å².